The maximum atomic E-state index is 11.4. The van der Waals surface area contributed by atoms with Gasteiger partial charge in [-0.25, -0.2) is 0 Å². The van der Waals surface area contributed by atoms with Crippen molar-refractivity contribution in [3.05, 3.63) is 0 Å². The molecule has 2 N–H and O–H groups in total. The molecule has 1 atom stereocenters. The van der Waals surface area contributed by atoms with Gasteiger partial charge in [0.05, 0.1) is 6.42 Å². The fraction of sp³-hybridized carbons (Fsp3) is 0.778. The van der Waals surface area contributed by atoms with Crippen molar-refractivity contribution < 1.29 is 19.4 Å². The van der Waals surface area contributed by atoms with Crippen LogP contribution in [0.4, 0.5) is 0 Å². The third-order valence-electron chi connectivity index (χ3n) is 1.42. The first-order valence-corrected chi connectivity index (χ1v) is 4.38. The number of carboxylic acids is 1. The Kier molecular flexibility index (Phi) is 4.56. The fourth-order valence-electron chi connectivity index (χ4n) is 0.851. The molecule has 0 heterocycles. The van der Waals surface area contributed by atoms with Crippen LogP contribution in [0.1, 0.15) is 27.2 Å². The van der Waals surface area contributed by atoms with Crippen molar-refractivity contribution in [2.75, 3.05) is 7.05 Å². The summed E-state index contributed by atoms with van der Waals surface area (Å²) in [6.07, 6.45) is -0.272. The highest BCUT2D eigenvalue weighted by atomic mass is 16.6. The number of nitrogens with one attached hydrogen (secondary N) is 1. The fourth-order valence-corrected chi connectivity index (χ4v) is 0.851. The van der Waals surface area contributed by atoms with E-state index in [0.717, 1.165) is 0 Å². The predicted molar refractivity (Wildman–Crippen MR) is 50.9 cm³/mol. The van der Waals surface area contributed by atoms with Crippen molar-refractivity contribution in [3.63, 3.8) is 0 Å². The molecule has 82 valence electrons. The van der Waals surface area contributed by atoms with Gasteiger partial charge < -0.3 is 15.2 Å². The zero-order valence-electron chi connectivity index (χ0n) is 8.96. The molecule has 5 nitrogen and oxygen atoms in total. The maximum absolute atomic E-state index is 11.4. The number of carbonyl (C=O) groups excluding carboxylic acids is 1. The lowest BCUT2D eigenvalue weighted by Crippen LogP contribution is -2.40. The molecule has 0 aromatic heterocycles. The van der Waals surface area contributed by atoms with Gasteiger partial charge in [0.15, 0.2) is 0 Å². The minimum Gasteiger partial charge on any atom is -0.481 e. The van der Waals surface area contributed by atoms with E-state index in [1.807, 2.05) is 0 Å². The molecule has 0 aliphatic rings. The second-order valence-electron chi connectivity index (χ2n) is 3.97. The summed E-state index contributed by atoms with van der Waals surface area (Å²) in [5.41, 5.74) is -0.593. The van der Waals surface area contributed by atoms with Gasteiger partial charge in [-0.3, -0.25) is 9.59 Å². The summed E-state index contributed by atoms with van der Waals surface area (Å²) in [5, 5.41) is 11.1. The van der Waals surface area contributed by atoms with Crippen LogP contribution in [0.15, 0.2) is 0 Å². The Morgan fingerprint density at radius 1 is 1.43 bits per heavy atom. The zero-order chi connectivity index (χ0) is 11.4. The zero-order valence-corrected chi connectivity index (χ0v) is 8.96. The normalized spacial score (nSPS) is 13.4. The van der Waals surface area contributed by atoms with Gasteiger partial charge in [-0.2, -0.15) is 0 Å². The first kappa shape index (κ1) is 12.9. The average Bonchev–Trinajstić information content (AvgIpc) is 1.96. The highest BCUT2D eigenvalue weighted by Gasteiger charge is 2.25. The Balaban J connectivity index is 4.25. The van der Waals surface area contributed by atoms with Gasteiger partial charge in [-0.05, 0) is 27.8 Å². The molecule has 0 aliphatic heterocycles. The van der Waals surface area contributed by atoms with Crippen LogP contribution in [0, 0.1) is 0 Å². The van der Waals surface area contributed by atoms with Gasteiger partial charge in [0.25, 0.3) is 0 Å². The minimum atomic E-state index is -1.03. The molecule has 5 heteroatoms. The van der Waals surface area contributed by atoms with Crippen LogP contribution < -0.4 is 5.32 Å². The molecule has 0 saturated carbocycles. The van der Waals surface area contributed by atoms with E-state index in [9.17, 15) is 9.59 Å². The topological polar surface area (TPSA) is 75.6 Å². The summed E-state index contributed by atoms with van der Waals surface area (Å²) in [6.45, 7) is 5.20. The highest BCUT2D eigenvalue weighted by Crippen LogP contribution is 2.09. The summed E-state index contributed by atoms with van der Waals surface area (Å²) >= 11 is 0. The molecule has 0 saturated heterocycles. The summed E-state index contributed by atoms with van der Waals surface area (Å²) in [6, 6.07) is -0.785. The summed E-state index contributed by atoms with van der Waals surface area (Å²) in [5.74, 6) is -1.57. The largest absolute Gasteiger partial charge is 0.481 e. The molecule has 0 amide bonds. The Morgan fingerprint density at radius 3 is 2.21 bits per heavy atom. The van der Waals surface area contributed by atoms with E-state index in [1.165, 1.54) is 7.05 Å². The first-order chi connectivity index (χ1) is 6.26. The van der Waals surface area contributed by atoms with E-state index in [1.54, 1.807) is 20.8 Å². The van der Waals surface area contributed by atoms with Crippen LogP contribution in [-0.4, -0.2) is 35.7 Å². The van der Waals surface area contributed by atoms with E-state index in [4.69, 9.17) is 9.84 Å². The molecule has 0 aromatic rings. The molecule has 0 radical (unpaired) electrons. The Hall–Kier alpha value is -1.10. The lowest BCUT2D eigenvalue weighted by Gasteiger charge is -2.22. The monoisotopic (exact) mass is 203 g/mol. The molecule has 0 bridgehead atoms. The molecule has 0 fully saturated rings. The number of rotatable bonds is 4. The molecule has 0 aromatic carbocycles. The first-order valence-electron chi connectivity index (χ1n) is 4.38. The molecular formula is C9H17NO4. The third-order valence-corrected chi connectivity index (χ3v) is 1.42. The van der Waals surface area contributed by atoms with Crippen LogP contribution in [0.25, 0.3) is 0 Å². The summed E-state index contributed by atoms with van der Waals surface area (Å²) < 4.78 is 5.03. The standard InChI is InChI=1S/C9H17NO4/c1-9(2,3)14-8(13)6(10-4)5-7(11)12/h6,10H,5H2,1-4H3,(H,11,12)/t6-/m0/s1. The second-order valence-corrected chi connectivity index (χ2v) is 3.97. The lowest BCUT2D eigenvalue weighted by molar-refractivity contribution is -0.159. The second kappa shape index (κ2) is 4.95. The summed E-state index contributed by atoms with van der Waals surface area (Å²) in [7, 11) is 1.53. The van der Waals surface area contributed by atoms with Gasteiger partial charge in [-0.15, -0.1) is 0 Å². The predicted octanol–water partition coefficient (Wildman–Crippen LogP) is 0.391. The number of likely N-dealkylation sites (N-methyl/N-ethyl adjacent to an activating group) is 1. The van der Waals surface area contributed by atoms with Crippen molar-refractivity contribution in [1.29, 1.82) is 0 Å². The smallest absolute Gasteiger partial charge is 0.324 e. The van der Waals surface area contributed by atoms with Gasteiger partial charge in [-0.1, -0.05) is 0 Å². The number of hydrogen-bond acceptors (Lipinski definition) is 4. The number of carboxylic acid groups (broad SMARTS) is 1. The average molecular weight is 203 g/mol. The minimum absolute atomic E-state index is 0.272. The highest BCUT2D eigenvalue weighted by molar-refractivity contribution is 5.82. The number of hydrogen-bond donors (Lipinski definition) is 2. The Labute approximate surface area is 83.4 Å². The van der Waals surface area contributed by atoms with Gasteiger partial charge in [0.2, 0.25) is 0 Å². The van der Waals surface area contributed by atoms with Crippen molar-refractivity contribution in [2.45, 2.75) is 38.8 Å². The quantitative estimate of drug-likeness (QED) is 0.646. The maximum Gasteiger partial charge on any atom is 0.324 e. The number of ether oxygens (including phenoxy) is 1. The molecule has 0 rings (SSSR count). The molecule has 14 heavy (non-hydrogen) atoms. The van der Waals surface area contributed by atoms with E-state index >= 15 is 0 Å². The number of carbonyl (C=O) groups is 2. The number of aliphatic carboxylic acids is 1. The van der Waals surface area contributed by atoms with E-state index in [-0.39, 0.29) is 6.42 Å². The van der Waals surface area contributed by atoms with Crippen LogP contribution >= 0.6 is 0 Å². The van der Waals surface area contributed by atoms with Crippen molar-refractivity contribution in [1.82, 2.24) is 5.32 Å². The Morgan fingerprint density at radius 2 is 1.93 bits per heavy atom. The van der Waals surface area contributed by atoms with E-state index < -0.39 is 23.6 Å². The van der Waals surface area contributed by atoms with Crippen LogP contribution in [0.5, 0.6) is 0 Å². The Bertz CT molecular complexity index is 219. The van der Waals surface area contributed by atoms with Crippen molar-refractivity contribution in [3.8, 4) is 0 Å². The molecule has 0 aliphatic carbocycles. The van der Waals surface area contributed by atoms with E-state index in [0.29, 0.717) is 0 Å². The van der Waals surface area contributed by atoms with Crippen molar-refractivity contribution >= 4 is 11.9 Å². The summed E-state index contributed by atoms with van der Waals surface area (Å²) in [4.78, 5) is 21.8. The van der Waals surface area contributed by atoms with Crippen LogP contribution in [0.2, 0.25) is 0 Å². The molecule has 0 unspecified atom stereocenters. The van der Waals surface area contributed by atoms with Gasteiger partial charge in [0, 0.05) is 0 Å². The van der Waals surface area contributed by atoms with E-state index in [2.05, 4.69) is 5.32 Å². The van der Waals surface area contributed by atoms with Gasteiger partial charge >= 0.3 is 11.9 Å². The lowest BCUT2D eigenvalue weighted by atomic mass is 10.1. The molecule has 0 spiro atoms. The van der Waals surface area contributed by atoms with Gasteiger partial charge in [0.1, 0.15) is 11.6 Å². The van der Waals surface area contributed by atoms with Crippen molar-refractivity contribution in [2.24, 2.45) is 0 Å². The molecular weight excluding hydrogens is 186 g/mol. The third kappa shape index (κ3) is 5.53. The van der Waals surface area contributed by atoms with Crippen LogP contribution in [-0.2, 0) is 14.3 Å². The number of esters is 1. The SMILES string of the molecule is CN[C@@H](CC(=O)O)C(=O)OC(C)(C)C. The van der Waals surface area contributed by atoms with Crippen LogP contribution in [0.3, 0.4) is 0 Å².